The summed E-state index contributed by atoms with van der Waals surface area (Å²) < 4.78 is 5.25. The lowest BCUT2D eigenvalue weighted by atomic mass is 10.2. The van der Waals surface area contributed by atoms with Crippen LogP contribution in [0.25, 0.3) is 22.8 Å². The molecule has 2 aromatic heterocycles. The van der Waals surface area contributed by atoms with Gasteiger partial charge in [0.05, 0.1) is 5.02 Å². The highest BCUT2D eigenvalue weighted by Crippen LogP contribution is 2.23. The summed E-state index contributed by atoms with van der Waals surface area (Å²) in [6.07, 6.45) is 0. The topological polar surface area (TPSA) is 82.5 Å². The summed E-state index contributed by atoms with van der Waals surface area (Å²) in [6, 6.07) is 16.9. The van der Waals surface area contributed by atoms with E-state index in [2.05, 4.69) is 25.6 Å². The first-order valence-electron chi connectivity index (χ1n) is 7.20. The van der Waals surface area contributed by atoms with Gasteiger partial charge in [0.1, 0.15) is 6.54 Å². The molecule has 0 saturated carbocycles. The summed E-state index contributed by atoms with van der Waals surface area (Å²) >= 11 is 6.14. The second-order valence-corrected chi connectivity index (χ2v) is 5.41. The fourth-order valence-electron chi connectivity index (χ4n) is 2.21. The van der Waals surface area contributed by atoms with Gasteiger partial charge in [0.2, 0.25) is 11.6 Å². The maximum Gasteiger partial charge on any atom is 0.250 e. The van der Waals surface area contributed by atoms with E-state index >= 15 is 0 Å². The number of hydrogen-bond acceptors (Lipinski definition) is 6. The third-order valence-corrected chi connectivity index (χ3v) is 3.67. The maximum absolute atomic E-state index is 6.14. The highest BCUT2D eigenvalue weighted by atomic mass is 35.5. The number of nitrogens with zero attached hydrogens (tertiary/aromatic N) is 6. The first-order chi connectivity index (χ1) is 11.8. The van der Waals surface area contributed by atoms with E-state index in [9.17, 15) is 0 Å². The molecule has 0 spiro atoms. The van der Waals surface area contributed by atoms with E-state index in [1.165, 1.54) is 4.80 Å². The molecule has 0 aliphatic rings. The van der Waals surface area contributed by atoms with Gasteiger partial charge in [-0.15, -0.1) is 10.2 Å². The molecule has 8 heteroatoms. The van der Waals surface area contributed by atoms with Crippen LogP contribution < -0.4 is 0 Å². The molecule has 0 unspecified atom stereocenters. The zero-order valence-electron chi connectivity index (χ0n) is 12.4. The minimum absolute atomic E-state index is 0.233. The van der Waals surface area contributed by atoms with Gasteiger partial charge in [-0.1, -0.05) is 59.2 Å². The first-order valence-corrected chi connectivity index (χ1v) is 7.58. The largest absolute Gasteiger partial charge is 0.337 e. The Hall–Kier alpha value is -3.06. The highest BCUT2D eigenvalue weighted by molar-refractivity contribution is 6.33. The number of tetrazole rings is 1. The van der Waals surface area contributed by atoms with E-state index in [0.717, 1.165) is 11.1 Å². The number of halogens is 1. The van der Waals surface area contributed by atoms with Gasteiger partial charge in [-0.2, -0.15) is 9.78 Å². The Bertz CT molecular complexity index is 965. The van der Waals surface area contributed by atoms with Crippen LogP contribution in [0.4, 0.5) is 0 Å². The van der Waals surface area contributed by atoms with Gasteiger partial charge in [0.15, 0.2) is 0 Å². The molecule has 0 aliphatic heterocycles. The molecule has 0 fully saturated rings. The molecule has 0 N–H and O–H groups in total. The van der Waals surface area contributed by atoms with E-state index in [1.54, 1.807) is 6.07 Å². The van der Waals surface area contributed by atoms with Crippen molar-refractivity contribution < 1.29 is 4.52 Å². The molecule has 0 bridgehead atoms. The quantitative estimate of drug-likeness (QED) is 0.568. The lowest BCUT2D eigenvalue weighted by Crippen LogP contribution is -2.04. The van der Waals surface area contributed by atoms with Crippen LogP contribution in [0.5, 0.6) is 0 Å². The van der Waals surface area contributed by atoms with Crippen molar-refractivity contribution in [3.8, 4) is 22.8 Å². The minimum Gasteiger partial charge on any atom is -0.337 e. The Morgan fingerprint density at radius 2 is 1.75 bits per heavy atom. The van der Waals surface area contributed by atoms with Gasteiger partial charge in [-0.05, 0) is 17.3 Å². The second kappa shape index (κ2) is 6.21. The van der Waals surface area contributed by atoms with Crippen LogP contribution in [-0.4, -0.2) is 30.3 Å². The van der Waals surface area contributed by atoms with E-state index in [4.69, 9.17) is 16.1 Å². The van der Waals surface area contributed by atoms with Crippen molar-refractivity contribution >= 4 is 11.6 Å². The zero-order chi connectivity index (χ0) is 16.4. The summed E-state index contributed by atoms with van der Waals surface area (Å²) in [5.74, 6) is 1.37. The molecule has 7 nitrogen and oxygen atoms in total. The highest BCUT2D eigenvalue weighted by Gasteiger charge is 2.13. The molecule has 0 saturated heterocycles. The Labute approximate surface area is 141 Å². The molecule has 0 radical (unpaired) electrons. The van der Waals surface area contributed by atoms with Crippen LogP contribution >= 0.6 is 11.6 Å². The van der Waals surface area contributed by atoms with Crippen LogP contribution in [0.2, 0.25) is 5.02 Å². The normalized spacial score (nSPS) is 10.9. The van der Waals surface area contributed by atoms with Gasteiger partial charge < -0.3 is 4.52 Å². The van der Waals surface area contributed by atoms with Gasteiger partial charge in [0.25, 0.3) is 5.89 Å². The lowest BCUT2D eigenvalue weighted by Gasteiger charge is -1.96. The molecule has 4 aromatic rings. The van der Waals surface area contributed by atoms with E-state index in [0.29, 0.717) is 22.6 Å². The van der Waals surface area contributed by atoms with Gasteiger partial charge in [0, 0.05) is 11.1 Å². The Kier molecular flexibility index (Phi) is 3.76. The lowest BCUT2D eigenvalue weighted by molar-refractivity contribution is 0.356. The predicted octanol–water partition coefficient (Wildman–Crippen LogP) is 3.09. The van der Waals surface area contributed by atoms with Crippen LogP contribution in [0.15, 0.2) is 59.1 Å². The standard InChI is InChI=1S/C16H11ClN6O/c17-13-9-5-4-8-12(13)16-19-22-23(20-16)10-14-18-15(21-24-14)11-6-2-1-3-7-11/h1-9H,10H2. The van der Waals surface area contributed by atoms with Gasteiger partial charge in [-0.25, -0.2) is 0 Å². The van der Waals surface area contributed by atoms with E-state index in [-0.39, 0.29) is 6.54 Å². The van der Waals surface area contributed by atoms with Crippen molar-refractivity contribution in [3.05, 3.63) is 65.5 Å². The molecular formula is C16H11ClN6O. The molecule has 4 rings (SSSR count). The van der Waals surface area contributed by atoms with Crippen LogP contribution in [0.1, 0.15) is 5.89 Å². The molecule has 0 atom stereocenters. The van der Waals surface area contributed by atoms with Gasteiger partial charge >= 0.3 is 0 Å². The second-order valence-electron chi connectivity index (χ2n) is 5.00. The van der Waals surface area contributed by atoms with E-state index in [1.807, 2.05) is 48.5 Å². The Morgan fingerprint density at radius 3 is 2.58 bits per heavy atom. The summed E-state index contributed by atoms with van der Waals surface area (Å²) in [4.78, 5) is 5.73. The summed E-state index contributed by atoms with van der Waals surface area (Å²) in [5.41, 5.74) is 1.61. The van der Waals surface area contributed by atoms with E-state index < -0.39 is 0 Å². The average Bonchev–Trinajstić information content (AvgIpc) is 3.26. The van der Waals surface area contributed by atoms with Crippen LogP contribution in [-0.2, 0) is 6.54 Å². The Balaban J connectivity index is 1.55. The number of benzene rings is 2. The third-order valence-electron chi connectivity index (χ3n) is 3.34. The average molecular weight is 339 g/mol. The summed E-state index contributed by atoms with van der Waals surface area (Å²) in [5, 5.41) is 16.9. The van der Waals surface area contributed by atoms with Gasteiger partial charge in [-0.3, -0.25) is 0 Å². The van der Waals surface area contributed by atoms with Crippen LogP contribution in [0, 0.1) is 0 Å². The van der Waals surface area contributed by atoms with Crippen molar-refractivity contribution in [1.29, 1.82) is 0 Å². The number of rotatable bonds is 4. The molecule has 0 amide bonds. The predicted molar refractivity (Wildman–Crippen MR) is 87.1 cm³/mol. The smallest absolute Gasteiger partial charge is 0.250 e. The SMILES string of the molecule is Clc1ccccc1-c1nnn(Cc2nc(-c3ccccc3)no2)n1. The first kappa shape index (κ1) is 14.5. The van der Waals surface area contributed by atoms with Crippen molar-refractivity contribution in [2.45, 2.75) is 6.54 Å². The molecule has 0 aliphatic carbocycles. The molecule has 24 heavy (non-hydrogen) atoms. The molecule has 118 valence electrons. The molecule has 2 aromatic carbocycles. The Morgan fingerprint density at radius 1 is 0.958 bits per heavy atom. The number of aromatic nitrogens is 6. The monoisotopic (exact) mass is 338 g/mol. The zero-order valence-corrected chi connectivity index (χ0v) is 13.1. The molecule has 2 heterocycles. The fraction of sp³-hybridized carbons (Fsp3) is 0.0625. The third kappa shape index (κ3) is 2.89. The maximum atomic E-state index is 6.14. The fourth-order valence-corrected chi connectivity index (χ4v) is 2.43. The van der Waals surface area contributed by atoms with Crippen molar-refractivity contribution in [1.82, 2.24) is 30.3 Å². The van der Waals surface area contributed by atoms with Crippen molar-refractivity contribution in [2.75, 3.05) is 0 Å². The van der Waals surface area contributed by atoms with Crippen molar-refractivity contribution in [2.24, 2.45) is 0 Å². The van der Waals surface area contributed by atoms with Crippen molar-refractivity contribution in [3.63, 3.8) is 0 Å². The molecular weight excluding hydrogens is 328 g/mol. The van der Waals surface area contributed by atoms with Crippen LogP contribution in [0.3, 0.4) is 0 Å². The minimum atomic E-state index is 0.233. The summed E-state index contributed by atoms with van der Waals surface area (Å²) in [7, 11) is 0. The summed E-state index contributed by atoms with van der Waals surface area (Å²) in [6.45, 7) is 0.233. The number of hydrogen-bond donors (Lipinski definition) is 0.